The number of aromatic nitrogens is 2. The van der Waals surface area contributed by atoms with Crippen molar-refractivity contribution in [1.29, 1.82) is 0 Å². The first-order chi connectivity index (χ1) is 26.2. The van der Waals surface area contributed by atoms with E-state index >= 15 is 17.6 Å². The second-order valence-corrected chi connectivity index (χ2v) is 11.7. The van der Waals surface area contributed by atoms with Gasteiger partial charge in [-0.2, -0.15) is 35.1 Å². The fourth-order valence-corrected chi connectivity index (χ4v) is 5.80. The van der Waals surface area contributed by atoms with Crippen LogP contribution in [0.25, 0.3) is 35.1 Å². The van der Waals surface area contributed by atoms with Crippen molar-refractivity contribution in [3.05, 3.63) is 123 Å². The maximum Gasteiger partial charge on any atom is 0.411 e. The molecule has 5 aromatic rings. The Hall–Kier alpha value is -5.88. The van der Waals surface area contributed by atoms with Crippen molar-refractivity contribution in [2.75, 3.05) is 7.11 Å². The van der Waals surface area contributed by atoms with Gasteiger partial charge in [0.05, 0.1) is 7.11 Å². The smallest absolute Gasteiger partial charge is 0.411 e. The Morgan fingerprint density at radius 1 is 0.571 bits per heavy atom. The number of nitrogens with zero attached hydrogens (tertiary/aromatic N) is 2. The highest BCUT2D eigenvalue weighted by Gasteiger charge is 2.72. The molecule has 1 heterocycles. The van der Waals surface area contributed by atoms with E-state index in [4.69, 9.17) is 13.9 Å². The predicted molar refractivity (Wildman–Crippen MR) is 171 cm³/mol. The van der Waals surface area contributed by atoms with Crippen molar-refractivity contribution in [3.63, 3.8) is 0 Å². The second-order valence-electron chi connectivity index (χ2n) is 11.7. The SMILES string of the molecule is C/C=C/c1cc(C(c2ccc(Oc3c(F)c(F)c(-c4nnc(-c5c(F)c(F)c(C)c(F)c5F)o4)c(F)c3F)c(/C=C/C)c2)(C(F)(F)F)C(F)(F)F)ccc1OC. The molecular formula is C37H22F14N2O3. The van der Waals surface area contributed by atoms with E-state index in [9.17, 15) is 43.9 Å². The van der Waals surface area contributed by atoms with Crippen LogP contribution in [0.5, 0.6) is 17.2 Å². The molecule has 0 amide bonds. The zero-order chi connectivity index (χ0) is 41.7. The summed E-state index contributed by atoms with van der Waals surface area (Å²) in [5.41, 5.74) is -12.8. The maximum absolute atomic E-state index is 15.4. The van der Waals surface area contributed by atoms with Gasteiger partial charge in [0.15, 0.2) is 34.9 Å². The van der Waals surface area contributed by atoms with Crippen LogP contribution in [-0.2, 0) is 5.41 Å². The van der Waals surface area contributed by atoms with Crippen LogP contribution in [0.4, 0.5) is 61.5 Å². The first-order valence-corrected chi connectivity index (χ1v) is 15.6. The molecule has 0 fully saturated rings. The Morgan fingerprint density at radius 3 is 1.36 bits per heavy atom. The summed E-state index contributed by atoms with van der Waals surface area (Å²) in [4.78, 5) is 0. The average Bonchev–Trinajstić information content (AvgIpc) is 3.60. The molecule has 0 bridgehead atoms. The number of hydrogen-bond donors (Lipinski definition) is 0. The molecule has 296 valence electrons. The summed E-state index contributed by atoms with van der Waals surface area (Å²) >= 11 is 0. The van der Waals surface area contributed by atoms with Crippen molar-refractivity contribution in [1.82, 2.24) is 10.2 Å². The second kappa shape index (κ2) is 15.0. The van der Waals surface area contributed by atoms with Crippen LogP contribution < -0.4 is 9.47 Å². The van der Waals surface area contributed by atoms with Gasteiger partial charge in [-0.05, 0) is 56.2 Å². The quantitative estimate of drug-likeness (QED) is 0.110. The van der Waals surface area contributed by atoms with Gasteiger partial charge in [0.2, 0.25) is 22.8 Å². The van der Waals surface area contributed by atoms with Gasteiger partial charge in [0.25, 0.3) is 11.8 Å². The number of rotatable bonds is 9. The summed E-state index contributed by atoms with van der Waals surface area (Å²) in [6.45, 7) is 3.39. The molecule has 0 atom stereocenters. The Balaban J connectivity index is 1.65. The van der Waals surface area contributed by atoms with Gasteiger partial charge in [-0.1, -0.05) is 36.4 Å². The van der Waals surface area contributed by atoms with E-state index < -0.39 is 121 Å². The fraction of sp³-hybridized carbons (Fsp3) is 0.189. The van der Waals surface area contributed by atoms with E-state index in [0.717, 1.165) is 25.3 Å². The van der Waals surface area contributed by atoms with Crippen LogP contribution in [0.15, 0.2) is 53.0 Å². The standard InChI is InChI=1S/C37H22F14N2O3/c1-5-7-16-13-18(9-11-20(16)54-4)35(36(46,47)48,37(49,50)51)19-10-12-21(17(14-19)8-6-2)55-32-30(44)28(42)23(29(43)31(32)45)34-53-52-33(56-34)22-26(40)24(38)15(3)25(39)27(22)41/h5-14H,1-4H3/b7-5+,8-6+. The third-order valence-corrected chi connectivity index (χ3v) is 8.42. The molecule has 5 rings (SSSR count). The summed E-state index contributed by atoms with van der Waals surface area (Å²) in [7, 11) is 1.15. The summed E-state index contributed by atoms with van der Waals surface area (Å²) in [5.74, 6) is -23.1. The fourth-order valence-electron chi connectivity index (χ4n) is 5.80. The van der Waals surface area contributed by atoms with E-state index in [1.165, 1.54) is 26.0 Å². The highest BCUT2D eigenvalue weighted by molar-refractivity contribution is 5.66. The number of benzene rings is 4. The summed E-state index contributed by atoms with van der Waals surface area (Å²) in [5, 5.41) is 6.10. The lowest BCUT2D eigenvalue weighted by molar-refractivity contribution is -0.288. The minimum absolute atomic E-state index is 0.0580. The van der Waals surface area contributed by atoms with Gasteiger partial charge in [-0.15, -0.1) is 10.2 Å². The lowest BCUT2D eigenvalue weighted by Gasteiger charge is -2.38. The molecule has 1 aromatic heterocycles. The first-order valence-electron chi connectivity index (χ1n) is 15.6. The molecule has 0 saturated heterocycles. The van der Waals surface area contributed by atoms with Crippen LogP contribution in [-0.4, -0.2) is 29.7 Å². The molecule has 0 unspecified atom stereocenters. The van der Waals surface area contributed by atoms with Crippen LogP contribution in [0.1, 0.15) is 41.7 Å². The lowest BCUT2D eigenvalue weighted by Crippen LogP contribution is -2.54. The molecular weight excluding hydrogens is 786 g/mol. The monoisotopic (exact) mass is 808 g/mol. The number of allylic oxidation sites excluding steroid dienone is 2. The number of hydrogen-bond acceptors (Lipinski definition) is 5. The van der Waals surface area contributed by atoms with Crippen LogP contribution in [0.2, 0.25) is 0 Å². The van der Waals surface area contributed by atoms with E-state index in [-0.39, 0.29) is 17.4 Å². The summed E-state index contributed by atoms with van der Waals surface area (Å²) < 4.78 is 223. The molecule has 19 heteroatoms. The number of halogens is 14. The van der Waals surface area contributed by atoms with Gasteiger partial charge in [0.1, 0.15) is 22.6 Å². The Kier molecular flexibility index (Phi) is 11.0. The first kappa shape index (κ1) is 41.3. The topological polar surface area (TPSA) is 57.4 Å². The van der Waals surface area contributed by atoms with E-state index in [2.05, 4.69) is 10.2 Å². The van der Waals surface area contributed by atoms with Gasteiger partial charge in [-0.25, -0.2) is 26.3 Å². The van der Waals surface area contributed by atoms with Crippen LogP contribution >= 0.6 is 0 Å². The minimum Gasteiger partial charge on any atom is -0.496 e. The molecule has 5 nitrogen and oxygen atoms in total. The van der Waals surface area contributed by atoms with Gasteiger partial charge in [-0.3, -0.25) is 0 Å². The summed E-state index contributed by atoms with van der Waals surface area (Å²) in [6, 6.07) is 3.15. The van der Waals surface area contributed by atoms with Crippen LogP contribution in [0.3, 0.4) is 0 Å². The Morgan fingerprint density at radius 2 is 0.964 bits per heavy atom. The molecule has 0 spiro atoms. The molecule has 56 heavy (non-hydrogen) atoms. The number of methoxy groups -OCH3 is 1. The molecule has 4 aromatic carbocycles. The highest BCUT2D eigenvalue weighted by atomic mass is 19.4. The van der Waals surface area contributed by atoms with E-state index in [1.54, 1.807) is 0 Å². The number of alkyl halides is 6. The molecule has 0 N–H and O–H groups in total. The average molecular weight is 809 g/mol. The zero-order valence-corrected chi connectivity index (χ0v) is 28.7. The van der Waals surface area contributed by atoms with Gasteiger partial charge >= 0.3 is 12.4 Å². The van der Waals surface area contributed by atoms with Crippen molar-refractivity contribution in [3.8, 4) is 40.2 Å². The van der Waals surface area contributed by atoms with Gasteiger partial charge in [0, 0.05) is 16.7 Å². The Bertz CT molecular complexity index is 2330. The molecule has 0 aliphatic carbocycles. The molecule has 0 saturated carbocycles. The van der Waals surface area contributed by atoms with Crippen molar-refractivity contribution >= 4 is 12.2 Å². The predicted octanol–water partition coefficient (Wildman–Crippen LogP) is 12.1. The van der Waals surface area contributed by atoms with Gasteiger partial charge < -0.3 is 13.9 Å². The third-order valence-electron chi connectivity index (χ3n) is 8.42. The van der Waals surface area contributed by atoms with E-state index in [1.807, 2.05) is 0 Å². The molecule has 0 aliphatic heterocycles. The van der Waals surface area contributed by atoms with Crippen LogP contribution in [0, 0.1) is 53.5 Å². The maximum atomic E-state index is 15.4. The van der Waals surface area contributed by atoms with Crippen molar-refractivity contribution in [2.24, 2.45) is 0 Å². The number of ether oxygens (including phenoxy) is 2. The largest absolute Gasteiger partial charge is 0.496 e. The third kappa shape index (κ3) is 6.61. The zero-order valence-electron chi connectivity index (χ0n) is 28.7. The normalized spacial score (nSPS) is 12.7. The Labute approximate surface area is 306 Å². The van der Waals surface area contributed by atoms with Crippen molar-refractivity contribution < 1.29 is 75.4 Å². The molecule has 0 radical (unpaired) electrons. The van der Waals surface area contributed by atoms with E-state index in [0.29, 0.717) is 31.2 Å². The lowest BCUT2D eigenvalue weighted by atomic mass is 9.72. The minimum atomic E-state index is -6.09. The highest BCUT2D eigenvalue weighted by Crippen LogP contribution is 2.57. The molecule has 0 aliphatic rings. The summed E-state index contributed by atoms with van der Waals surface area (Å²) in [6.07, 6.45) is -7.66. The van der Waals surface area contributed by atoms with Crippen molar-refractivity contribution in [2.45, 2.75) is 38.5 Å².